The van der Waals surface area contributed by atoms with Gasteiger partial charge < -0.3 is 15.3 Å². The van der Waals surface area contributed by atoms with E-state index in [1.165, 1.54) is 6.42 Å². The second kappa shape index (κ2) is 8.04. The van der Waals surface area contributed by atoms with E-state index in [9.17, 15) is 5.11 Å². The monoisotopic (exact) mass is 230 g/mol. The number of nitrogens with one attached hydrogen (secondary N) is 1. The maximum Gasteiger partial charge on any atom is 0.0638 e. The minimum absolute atomic E-state index is 0.241. The topological polar surface area (TPSA) is 35.5 Å². The van der Waals surface area contributed by atoms with E-state index in [1.807, 2.05) is 6.92 Å². The van der Waals surface area contributed by atoms with Crippen LogP contribution in [0.15, 0.2) is 0 Å². The number of nitrogens with zero attached hydrogens (tertiary/aromatic N) is 1. The summed E-state index contributed by atoms with van der Waals surface area (Å²) >= 11 is 0. The molecule has 0 spiro atoms. The van der Waals surface area contributed by atoms with E-state index in [0.29, 0.717) is 5.41 Å². The third-order valence-corrected chi connectivity index (χ3v) is 3.06. The lowest BCUT2D eigenvalue weighted by molar-refractivity contribution is 0.108. The van der Waals surface area contributed by atoms with Crippen LogP contribution in [-0.4, -0.2) is 49.3 Å². The summed E-state index contributed by atoms with van der Waals surface area (Å²) in [4.78, 5) is 2.22. The lowest BCUT2D eigenvalue weighted by Crippen LogP contribution is -2.42. The third kappa shape index (κ3) is 7.20. The number of aliphatic hydroxyl groups excluding tert-OH is 1. The summed E-state index contributed by atoms with van der Waals surface area (Å²) in [5.74, 6) is 0. The van der Waals surface area contributed by atoms with Gasteiger partial charge in [0.05, 0.1) is 6.10 Å². The minimum atomic E-state index is -0.241. The van der Waals surface area contributed by atoms with Gasteiger partial charge in [0, 0.05) is 19.6 Å². The van der Waals surface area contributed by atoms with Gasteiger partial charge in [-0.15, -0.1) is 0 Å². The molecule has 2 unspecified atom stereocenters. The second-order valence-electron chi connectivity index (χ2n) is 5.39. The van der Waals surface area contributed by atoms with E-state index in [4.69, 9.17) is 0 Å². The molecule has 0 aliphatic carbocycles. The van der Waals surface area contributed by atoms with Gasteiger partial charge >= 0.3 is 0 Å². The molecule has 0 radical (unpaired) electrons. The lowest BCUT2D eigenvalue weighted by Gasteiger charge is -2.33. The molecule has 0 rings (SSSR count). The van der Waals surface area contributed by atoms with E-state index in [2.05, 4.69) is 38.0 Å². The van der Waals surface area contributed by atoms with Crippen LogP contribution in [0.3, 0.4) is 0 Å². The molecule has 2 atom stereocenters. The Kier molecular flexibility index (Phi) is 7.98. The van der Waals surface area contributed by atoms with E-state index in [-0.39, 0.29) is 6.10 Å². The molecule has 0 saturated carbocycles. The van der Waals surface area contributed by atoms with Crippen LogP contribution in [0.4, 0.5) is 0 Å². The largest absolute Gasteiger partial charge is 0.392 e. The molecule has 3 heteroatoms. The molecule has 0 amide bonds. The van der Waals surface area contributed by atoms with Gasteiger partial charge in [-0.05, 0) is 38.8 Å². The van der Waals surface area contributed by atoms with Crippen LogP contribution in [0.25, 0.3) is 0 Å². The Balaban J connectivity index is 4.03. The number of rotatable bonds is 9. The van der Waals surface area contributed by atoms with Gasteiger partial charge in [-0.25, -0.2) is 0 Å². The summed E-state index contributed by atoms with van der Waals surface area (Å²) in [5, 5.41) is 12.8. The van der Waals surface area contributed by atoms with Crippen LogP contribution in [0.5, 0.6) is 0 Å². The summed E-state index contributed by atoms with van der Waals surface area (Å²) < 4.78 is 0. The number of hydrogen-bond acceptors (Lipinski definition) is 3. The lowest BCUT2D eigenvalue weighted by atomic mass is 9.86. The highest BCUT2D eigenvalue weighted by Gasteiger charge is 2.23. The average molecular weight is 230 g/mol. The fourth-order valence-corrected chi connectivity index (χ4v) is 2.03. The second-order valence-corrected chi connectivity index (χ2v) is 5.39. The first-order valence-electron chi connectivity index (χ1n) is 6.51. The Morgan fingerprint density at radius 2 is 2.00 bits per heavy atom. The zero-order valence-electron chi connectivity index (χ0n) is 11.7. The summed E-state index contributed by atoms with van der Waals surface area (Å²) in [6.07, 6.45) is 2.10. The predicted octanol–water partition coefficient (Wildman–Crippen LogP) is 1.71. The van der Waals surface area contributed by atoms with Crippen molar-refractivity contribution in [3.05, 3.63) is 0 Å². The Morgan fingerprint density at radius 3 is 2.44 bits per heavy atom. The molecular formula is C13H30N2O. The Labute approximate surface area is 101 Å². The highest BCUT2D eigenvalue weighted by molar-refractivity contribution is 4.79. The fourth-order valence-electron chi connectivity index (χ4n) is 2.03. The maximum atomic E-state index is 9.35. The minimum Gasteiger partial charge on any atom is -0.392 e. The molecule has 0 bridgehead atoms. The first-order chi connectivity index (χ1) is 7.43. The quantitative estimate of drug-likeness (QED) is 0.592. The van der Waals surface area contributed by atoms with E-state index < -0.39 is 0 Å². The zero-order chi connectivity index (χ0) is 12.6. The molecule has 3 nitrogen and oxygen atoms in total. The molecule has 0 aliphatic heterocycles. The molecule has 0 heterocycles. The van der Waals surface area contributed by atoms with Gasteiger partial charge in [0.2, 0.25) is 0 Å². The fraction of sp³-hybridized carbons (Fsp3) is 1.00. The van der Waals surface area contributed by atoms with Crippen molar-refractivity contribution in [2.24, 2.45) is 5.41 Å². The van der Waals surface area contributed by atoms with Crippen LogP contribution in [-0.2, 0) is 0 Å². The molecule has 0 aliphatic rings. The van der Waals surface area contributed by atoms with Gasteiger partial charge in [0.15, 0.2) is 0 Å². The van der Waals surface area contributed by atoms with E-state index >= 15 is 0 Å². The summed E-state index contributed by atoms with van der Waals surface area (Å²) in [6, 6.07) is 0. The average Bonchev–Trinajstić information content (AvgIpc) is 2.16. The van der Waals surface area contributed by atoms with Crippen molar-refractivity contribution >= 4 is 0 Å². The number of hydrogen-bond donors (Lipinski definition) is 2. The van der Waals surface area contributed by atoms with Crippen molar-refractivity contribution in [1.82, 2.24) is 10.2 Å². The Bertz CT molecular complexity index is 173. The third-order valence-electron chi connectivity index (χ3n) is 3.06. The first-order valence-corrected chi connectivity index (χ1v) is 6.51. The molecule has 2 N–H and O–H groups in total. The van der Waals surface area contributed by atoms with Crippen LogP contribution in [0, 0.1) is 5.41 Å². The zero-order valence-corrected chi connectivity index (χ0v) is 11.7. The maximum absolute atomic E-state index is 9.35. The Hall–Kier alpha value is -0.120. The van der Waals surface area contributed by atoms with Gasteiger partial charge in [0.25, 0.3) is 0 Å². The van der Waals surface area contributed by atoms with Crippen molar-refractivity contribution in [3.63, 3.8) is 0 Å². The van der Waals surface area contributed by atoms with Crippen LogP contribution >= 0.6 is 0 Å². The van der Waals surface area contributed by atoms with Crippen LogP contribution < -0.4 is 5.32 Å². The van der Waals surface area contributed by atoms with Crippen molar-refractivity contribution in [2.75, 3.05) is 33.2 Å². The molecule has 0 aromatic rings. The normalized spacial score (nSPS) is 17.4. The standard InChI is InChI=1S/C13H30N2O/c1-6-8-14-10-13(4,7-2)11-15(5)9-12(3)16/h12,14,16H,6-11H2,1-5H3. The van der Waals surface area contributed by atoms with Crippen molar-refractivity contribution in [3.8, 4) is 0 Å². The van der Waals surface area contributed by atoms with Gasteiger partial charge in [0.1, 0.15) is 0 Å². The van der Waals surface area contributed by atoms with Crippen molar-refractivity contribution in [2.45, 2.75) is 46.6 Å². The summed E-state index contributed by atoms with van der Waals surface area (Å²) in [5.41, 5.74) is 0.304. The summed E-state index contributed by atoms with van der Waals surface area (Å²) in [7, 11) is 2.08. The van der Waals surface area contributed by atoms with Crippen LogP contribution in [0.2, 0.25) is 0 Å². The van der Waals surface area contributed by atoms with Gasteiger partial charge in [-0.2, -0.15) is 0 Å². The van der Waals surface area contributed by atoms with Crippen molar-refractivity contribution in [1.29, 1.82) is 0 Å². The number of likely N-dealkylation sites (N-methyl/N-ethyl adjacent to an activating group) is 1. The molecule has 0 aromatic carbocycles. The molecular weight excluding hydrogens is 200 g/mol. The summed E-state index contributed by atoms with van der Waals surface area (Å²) in [6.45, 7) is 12.5. The smallest absolute Gasteiger partial charge is 0.0638 e. The van der Waals surface area contributed by atoms with E-state index in [1.54, 1.807) is 0 Å². The van der Waals surface area contributed by atoms with Crippen LogP contribution in [0.1, 0.15) is 40.5 Å². The molecule has 0 fully saturated rings. The molecule has 98 valence electrons. The predicted molar refractivity (Wildman–Crippen MR) is 70.7 cm³/mol. The van der Waals surface area contributed by atoms with Crippen molar-refractivity contribution < 1.29 is 5.11 Å². The number of aliphatic hydroxyl groups is 1. The SMILES string of the molecule is CCCNCC(C)(CC)CN(C)CC(C)O. The molecule has 16 heavy (non-hydrogen) atoms. The Morgan fingerprint density at radius 1 is 1.38 bits per heavy atom. The molecule has 0 saturated heterocycles. The molecule has 0 aromatic heterocycles. The van der Waals surface area contributed by atoms with E-state index in [0.717, 1.165) is 32.6 Å². The van der Waals surface area contributed by atoms with Gasteiger partial charge in [-0.3, -0.25) is 0 Å². The van der Waals surface area contributed by atoms with Gasteiger partial charge in [-0.1, -0.05) is 20.8 Å². The highest BCUT2D eigenvalue weighted by Crippen LogP contribution is 2.21. The highest BCUT2D eigenvalue weighted by atomic mass is 16.3. The first kappa shape index (κ1) is 15.9.